The maximum Gasteiger partial charge on any atom is 0.251 e. The van der Waals surface area contributed by atoms with E-state index in [1.54, 1.807) is 33.8 Å². The highest BCUT2D eigenvalue weighted by Gasteiger charge is 2.26. The van der Waals surface area contributed by atoms with Crippen molar-refractivity contribution in [3.8, 4) is 5.75 Å². The molecule has 2 N–H and O–H groups in total. The molecule has 8 nitrogen and oxygen atoms in total. The standard InChI is InChI=1S/C24H32FN3O5S/c1-6-28(7-2)34(31,32)19-10-8-9-18(14-19)23(29)27-22(16(3)4)24(30)26-15-17-11-12-21(33-5)20(25)13-17/h8-14,16,22H,6-7,15H2,1-5H3,(H,26,30)(H,27,29). The molecule has 0 bridgehead atoms. The number of rotatable bonds is 11. The van der Waals surface area contributed by atoms with Crippen molar-refractivity contribution in [1.29, 1.82) is 0 Å². The van der Waals surface area contributed by atoms with Crippen molar-refractivity contribution in [3.05, 3.63) is 59.4 Å². The van der Waals surface area contributed by atoms with Gasteiger partial charge in [0.05, 0.1) is 12.0 Å². The number of halogens is 1. The van der Waals surface area contributed by atoms with Crippen LogP contribution in [0.2, 0.25) is 0 Å². The van der Waals surface area contributed by atoms with E-state index in [4.69, 9.17) is 4.74 Å². The Morgan fingerprint density at radius 2 is 1.76 bits per heavy atom. The summed E-state index contributed by atoms with van der Waals surface area (Å²) < 4.78 is 45.7. The van der Waals surface area contributed by atoms with E-state index in [0.29, 0.717) is 18.7 Å². The fraction of sp³-hybridized carbons (Fsp3) is 0.417. The second kappa shape index (κ2) is 11.9. The van der Waals surface area contributed by atoms with Crippen LogP contribution in [0.5, 0.6) is 5.75 Å². The molecular formula is C24H32FN3O5S. The quantitative estimate of drug-likeness (QED) is 0.501. The van der Waals surface area contributed by atoms with Crippen LogP contribution in [0.1, 0.15) is 43.6 Å². The van der Waals surface area contributed by atoms with Crippen LogP contribution in [0.3, 0.4) is 0 Å². The topological polar surface area (TPSA) is 105 Å². The summed E-state index contributed by atoms with van der Waals surface area (Å²) in [6.45, 7) is 7.72. The molecule has 0 saturated heterocycles. The summed E-state index contributed by atoms with van der Waals surface area (Å²) in [7, 11) is -2.37. The number of ether oxygens (including phenoxy) is 1. The normalized spacial score (nSPS) is 12.5. The predicted molar refractivity (Wildman–Crippen MR) is 127 cm³/mol. The van der Waals surface area contributed by atoms with Crippen molar-refractivity contribution >= 4 is 21.8 Å². The number of hydrogen-bond acceptors (Lipinski definition) is 5. The zero-order chi connectivity index (χ0) is 25.5. The molecule has 0 heterocycles. The lowest BCUT2D eigenvalue weighted by Gasteiger charge is -2.22. The SMILES string of the molecule is CCN(CC)S(=O)(=O)c1cccc(C(=O)NC(C(=O)NCc2ccc(OC)c(F)c2)C(C)C)c1. The second-order valence-corrected chi connectivity index (χ2v) is 9.94. The van der Waals surface area contributed by atoms with Crippen LogP contribution >= 0.6 is 0 Å². The Kier molecular flexibility index (Phi) is 9.57. The maximum atomic E-state index is 13.9. The zero-order valence-electron chi connectivity index (χ0n) is 20.1. The van der Waals surface area contributed by atoms with Crippen molar-refractivity contribution < 1.29 is 27.1 Å². The minimum atomic E-state index is -3.73. The first-order valence-electron chi connectivity index (χ1n) is 11.1. The molecule has 0 spiro atoms. The molecule has 2 amide bonds. The van der Waals surface area contributed by atoms with Gasteiger partial charge >= 0.3 is 0 Å². The molecule has 2 aromatic rings. The molecule has 0 aromatic heterocycles. The van der Waals surface area contributed by atoms with Crippen molar-refractivity contribution in [2.45, 2.75) is 45.2 Å². The van der Waals surface area contributed by atoms with Gasteiger partial charge in [0.2, 0.25) is 15.9 Å². The molecule has 186 valence electrons. The molecule has 0 fully saturated rings. The summed E-state index contributed by atoms with van der Waals surface area (Å²) in [4.78, 5) is 25.7. The van der Waals surface area contributed by atoms with Gasteiger partial charge in [-0.25, -0.2) is 12.8 Å². The summed E-state index contributed by atoms with van der Waals surface area (Å²) >= 11 is 0. The Labute approximate surface area is 200 Å². The smallest absolute Gasteiger partial charge is 0.251 e. The van der Waals surface area contributed by atoms with Crippen LogP contribution < -0.4 is 15.4 Å². The lowest BCUT2D eigenvalue weighted by Crippen LogP contribution is -2.49. The number of amides is 2. The van der Waals surface area contributed by atoms with Crippen LogP contribution in [0.4, 0.5) is 4.39 Å². The van der Waals surface area contributed by atoms with Gasteiger partial charge in [-0.1, -0.05) is 39.8 Å². The highest BCUT2D eigenvalue weighted by atomic mass is 32.2. The van der Waals surface area contributed by atoms with Gasteiger partial charge in [-0.3, -0.25) is 9.59 Å². The van der Waals surface area contributed by atoms with Crippen LogP contribution in [-0.4, -0.2) is 50.8 Å². The fourth-order valence-corrected chi connectivity index (χ4v) is 4.89. The van der Waals surface area contributed by atoms with E-state index < -0.39 is 33.7 Å². The third-order valence-corrected chi connectivity index (χ3v) is 7.40. The number of sulfonamides is 1. The van der Waals surface area contributed by atoms with Crippen LogP contribution in [0, 0.1) is 11.7 Å². The number of nitrogens with one attached hydrogen (secondary N) is 2. The number of carbonyl (C=O) groups excluding carboxylic acids is 2. The van der Waals surface area contributed by atoms with Gasteiger partial charge in [0.25, 0.3) is 5.91 Å². The highest BCUT2D eigenvalue weighted by molar-refractivity contribution is 7.89. The number of methoxy groups -OCH3 is 1. The average molecular weight is 494 g/mol. The van der Waals surface area contributed by atoms with E-state index in [-0.39, 0.29) is 28.7 Å². The van der Waals surface area contributed by atoms with Gasteiger partial charge in [-0.05, 0) is 41.8 Å². The Balaban J connectivity index is 2.14. The molecule has 2 rings (SSSR count). The maximum absolute atomic E-state index is 13.9. The lowest BCUT2D eigenvalue weighted by atomic mass is 10.0. The van der Waals surface area contributed by atoms with E-state index in [1.165, 1.54) is 47.8 Å². The summed E-state index contributed by atoms with van der Waals surface area (Å²) in [5.41, 5.74) is 0.665. The summed E-state index contributed by atoms with van der Waals surface area (Å²) in [6.07, 6.45) is 0. The van der Waals surface area contributed by atoms with E-state index in [9.17, 15) is 22.4 Å². The third-order valence-electron chi connectivity index (χ3n) is 5.36. The summed E-state index contributed by atoms with van der Waals surface area (Å²) in [5, 5.41) is 5.38. The van der Waals surface area contributed by atoms with E-state index in [0.717, 1.165) is 0 Å². The molecule has 0 aliphatic heterocycles. The first-order valence-corrected chi connectivity index (χ1v) is 12.5. The van der Waals surface area contributed by atoms with Crippen LogP contribution in [-0.2, 0) is 21.4 Å². The molecule has 2 aromatic carbocycles. The molecule has 34 heavy (non-hydrogen) atoms. The van der Waals surface area contributed by atoms with Gasteiger partial charge in [-0.15, -0.1) is 0 Å². The summed E-state index contributed by atoms with van der Waals surface area (Å²) in [5.74, 6) is -1.69. The van der Waals surface area contributed by atoms with Crippen molar-refractivity contribution in [3.63, 3.8) is 0 Å². The minimum Gasteiger partial charge on any atom is -0.494 e. The minimum absolute atomic E-state index is 0.0101. The monoisotopic (exact) mass is 493 g/mol. The Morgan fingerprint density at radius 3 is 2.32 bits per heavy atom. The third kappa shape index (κ3) is 6.54. The number of carbonyl (C=O) groups is 2. The van der Waals surface area contributed by atoms with E-state index >= 15 is 0 Å². The average Bonchev–Trinajstić information content (AvgIpc) is 2.81. The number of benzene rings is 2. The fourth-order valence-electron chi connectivity index (χ4n) is 3.39. The van der Waals surface area contributed by atoms with Crippen molar-refractivity contribution in [1.82, 2.24) is 14.9 Å². The van der Waals surface area contributed by atoms with Crippen molar-refractivity contribution in [2.75, 3.05) is 20.2 Å². The van der Waals surface area contributed by atoms with Gasteiger partial charge < -0.3 is 15.4 Å². The molecule has 1 atom stereocenters. The first-order chi connectivity index (χ1) is 16.0. The molecular weight excluding hydrogens is 461 g/mol. The zero-order valence-corrected chi connectivity index (χ0v) is 20.9. The van der Waals surface area contributed by atoms with Gasteiger partial charge in [0.15, 0.2) is 11.6 Å². The molecule has 0 aliphatic carbocycles. The van der Waals surface area contributed by atoms with Gasteiger partial charge in [0, 0.05) is 25.2 Å². The molecule has 1 unspecified atom stereocenters. The Bertz CT molecular complexity index is 1120. The largest absolute Gasteiger partial charge is 0.494 e. The van der Waals surface area contributed by atoms with Gasteiger partial charge in [-0.2, -0.15) is 4.31 Å². The highest BCUT2D eigenvalue weighted by Crippen LogP contribution is 2.19. The predicted octanol–water partition coefficient (Wildman–Crippen LogP) is 2.94. The van der Waals surface area contributed by atoms with E-state index in [2.05, 4.69) is 10.6 Å². The molecule has 0 aliphatic rings. The second-order valence-electron chi connectivity index (χ2n) is 8.00. The molecule has 10 heteroatoms. The van der Waals surface area contributed by atoms with Crippen molar-refractivity contribution in [2.24, 2.45) is 5.92 Å². The molecule has 0 radical (unpaired) electrons. The van der Waals surface area contributed by atoms with E-state index in [1.807, 2.05) is 0 Å². The Hall–Kier alpha value is -2.98. The summed E-state index contributed by atoms with van der Waals surface area (Å²) in [6, 6.07) is 9.22. The number of hydrogen-bond donors (Lipinski definition) is 2. The van der Waals surface area contributed by atoms with Gasteiger partial charge in [0.1, 0.15) is 6.04 Å². The number of nitrogens with zero attached hydrogens (tertiary/aromatic N) is 1. The van der Waals surface area contributed by atoms with Crippen LogP contribution in [0.25, 0.3) is 0 Å². The van der Waals surface area contributed by atoms with Crippen LogP contribution in [0.15, 0.2) is 47.4 Å². The lowest BCUT2D eigenvalue weighted by molar-refractivity contribution is -0.124. The Morgan fingerprint density at radius 1 is 1.09 bits per heavy atom. The first kappa shape index (κ1) is 27.3. The molecule has 0 saturated carbocycles.